The van der Waals surface area contributed by atoms with Gasteiger partial charge in [-0.2, -0.15) is 0 Å². The maximum Gasteiger partial charge on any atom is 0.127 e. The Hall–Kier alpha value is -2.48. The topological polar surface area (TPSA) is 29.5 Å². The highest BCUT2D eigenvalue weighted by Crippen LogP contribution is 2.38. The summed E-state index contributed by atoms with van der Waals surface area (Å²) in [7, 11) is 0. The van der Waals surface area contributed by atoms with Crippen LogP contribution in [0.2, 0.25) is 0 Å². The summed E-state index contributed by atoms with van der Waals surface area (Å²) in [6, 6.07) is 11.9. The molecule has 0 spiro atoms. The van der Waals surface area contributed by atoms with Crippen molar-refractivity contribution >= 4 is 0 Å². The van der Waals surface area contributed by atoms with Gasteiger partial charge in [-0.3, -0.25) is 0 Å². The van der Waals surface area contributed by atoms with E-state index in [9.17, 15) is 5.11 Å². The number of benzene rings is 2. The summed E-state index contributed by atoms with van der Waals surface area (Å²) >= 11 is 0. The molecule has 2 nitrogen and oxygen atoms in total. The lowest BCUT2D eigenvalue weighted by Crippen LogP contribution is -2.14. The second-order valence-electron chi connectivity index (χ2n) is 7.88. The summed E-state index contributed by atoms with van der Waals surface area (Å²) < 4.78 is 6.28. The van der Waals surface area contributed by atoms with E-state index >= 15 is 0 Å². The van der Waals surface area contributed by atoms with Crippen LogP contribution in [0.15, 0.2) is 61.7 Å². The third kappa shape index (κ3) is 6.02. The largest absolute Gasteiger partial charge is 0.507 e. The summed E-state index contributed by atoms with van der Waals surface area (Å²) in [5, 5.41) is 10.5. The molecule has 0 amide bonds. The highest BCUT2D eigenvalue weighted by atomic mass is 16.5. The van der Waals surface area contributed by atoms with E-state index in [1.807, 2.05) is 30.4 Å². The van der Waals surface area contributed by atoms with Crippen LogP contribution < -0.4 is 4.74 Å². The first kappa shape index (κ1) is 21.8. The second-order valence-corrected chi connectivity index (χ2v) is 7.88. The minimum atomic E-state index is 0.266. The molecular formula is C26H34O2. The number of phenolic OH excluding ortho intramolecular Hbond substituents is 1. The van der Waals surface area contributed by atoms with Gasteiger partial charge in [0.1, 0.15) is 11.5 Å². The van der Waals surface area contributed by atoms with Crippen molar-refractivity contribution in [3.05, 3.63) is 72.8 Å². The Morgan fingerprint density at radius 1 is 0.964 bits per heavy atom. The molecule has 0 saturated heterocycles. The van der Waals surface area contributed by atoms with Gasteiger partial charge in [-0.05, 0) is 66.5 Å². The maximum absolute atomic E-state index is 10.5. The van der Waals surface area contributed by atoms with E-state index in [4.69, 9.17) is 4.74 Å². The van der Waals surface area contributed by atoms with Crippen LogP contribution in [0, 0.1) is 11.8 Å². The lowest BCUT2D eigenvalue weighted by molar-refractivity contribution is 0.223. The molecular weight excluding hydrogens is 344 g/mol. The quantitative estimate of drug-likeness (QED) is 0.428. The first-order chi connectivity index (χ1) is 13.5. The summed E-state index contributed by atoms with van der Waals surface area (Å²) in [4.78, 5) is 0. The van der Waals surface area contributed by atoms with Crippen molar-refractivity contribution in [3.63, 3.8) is 0 Å². The Morgan fingerprint density at radius 2 is 1.57 bits per heavy atom. The van der Waals surface area contributed by atoms with Gasteiger partial charge >= 0.3 is 0 Å². The summed E-state index contributed by atoms with van der Waals surface area (Å²) in [5.74, 6) is 2.27. The molecule has 150 valence electrons. The van der Waals surface area contributed by atoms with Crippen molar-refractivity contribution in [3.8, 4) is 22.6 Å². The second kappa shape index (κ2) is 10.8. The smallest absolute Gasteiger partial charge is 0.127 e. The minimum absolute atomic E-state index is 0.266. The van der Waals surface area contributed by atoms with Gasteiger partial charge < -0.3 is 9.84 Å². The average molecular weight is 379 g/mol. The first-order valence-corrected chi connectivity index (χ1v) is 10.3. The van der Waals surface area contributed by atoms with Gasteiger partial charge in [0.2, 0.25) is 0 Å². The Morgan fingerprint density at radius 3 is 2.14 bits per heavy atom. The van der Waals surface area contributed by atoms with Gasteiger partial charge in [-0.25, -0.2) is 0 Å². The summed E-state index contributed by atoms with van der Waals surface area (Å²) in [5.41, 5.74) is 4.01. The van der Waals surface area contributed by atoms with Crippen LogP contribution in [0.5, 0.6) is 11.5 Å². The number of ether oxygens (including phenoxy) is 1. The van der Waals surface area contributed by atoms with E-state index in [-0.39, 0.29) is 5.75 Å². The zero-order valence-electron chi connectivity index (χ0n) is 17.6. The molecule has 2 aromatic carbocycles. The van der Waals surface area contributed by atoms with Crippen LogP contribution in [0.1, 0.15) is 44.7 Å². The van der Waals surface area contributed by atoms with Crippen LogP contribution >= 0.6 is 0 Å². The van der Waals surface area contributed by atoms with Gasteiger partial charge in [0.05, 0.1) is 6.61 Å². The number of allylic oxidation sites excluding steroid dienone is 2. The zero-order chi connectivity index (χ0) is 20.5. The molecule has 0 aliphatic carbocycles. The predicted molar refractivity (Wildman–Crippen MR) is 120 cm³/mol. The van der Waals surface area contributed by atoms with Crippen molar-refractivity contribution in [2.45, 2.75) is 46.5 Å². The van der Waals surface area contributed by atoms with Gasteiger partial charge in [-0.15, -0.1) is 13.2 Å². The number of rotatable bonds is 11. The van der Waals surface area contributed by atoms with Crippen LogP contribution in [-0.4, -0.2) is 11.7 Å². The molecule has 28 heavy (non-hydrogen) atoms. The SMILES string of the molecule is C=CCc1ccc(O)c(-c2cc(CC=C)ccc2OCC(CC)CC(C)C)c1. The van der Waals surface area contributed by atoms with Crippen LogP contribution in [0.3, 0.4) is 0 Å². The van der Waals surface area contributed by atoms with E-state index < -0.39 is 0 Å². The summed E-state index contributed by atoms with van der Waals surface area (Å²) in [6.45, 7) is 15.1. The third-order valence-electron chi connectivity index (χ3n) is 5.01. The van der Waals surface area contributed by atoms with Crippen molar-refractivity contribution in [1.29, 1.82) is 0 Å². The van der Waals surface area contributed by atoms with Gasteiger partial charge in [-0.1, -0.05) is 51.5 Å². The molecule has 0 aliphatic heterocycles. The average Bonchev–Trinajstić information content (AvgIpc) is 2.67. The van der Waals surface area contributed by atoms with Gasteiger partial charge in [0.15, 0.2) is 0 Å². The Balaban J connectivity index is 2.40. The zero-order valence-corrected chi connectivity index (χ0v) is 17.6. The van der Waals surface area contributed by atoms with Crippen molar-refractivity contribution in [1.82, 2.24) is 0 Å². The third-order valence-corrected chi connectivity index (χ3v) is 5.01. The normalized spacial score (nSPS) is 12.0. The van der Waals surface area contributed by atoms with E-state index in [1.54, 1.807) is 6.07 Å². The van der Waals surface area contributed by atoms with Crippen molar-refractivity contribution in [2.24, 2.45) is 11.8 Å². The molecule has 0 fully saturated rings. The number of aromatic hydroxyl groups is 1. The molecule has 0 bridgehead atoms. The van der Waals surface area contributed by atoms with Crippen LogP contribution in [-0.2, 0) is 12.8 Å². The number of hydrogen-bond acceptors (Lipinski definition) is 2. The fraction of sp³-hybridized carbons (Fsp3) is 0.385. The molecule has 2 aromatic rings. The van der Waals surface area contributed by atoms with Crippen LogP contribution in [0.4, 0.5) is 0 Å². The first-order valence-electron chi connectivity index (χ1n) is 10.3. The molecule has 0 radical (unpaired) electrons. The number of hydrogen-bond donors (Lipinski definition) is 1. The molecule has 0 heterocycles. The van der Waals surface area contributed by atoms with Gasteiger partial charge in [0.25, 0.3) is 0 Å². The van der Waals surface area contributed by atoms with Gasteiger partial charge in [0, 0.05) is 11.1 Å². The molecule has 0 aliphatic rings. The Kier molecular flexibility index (Phi) is 8.38. The Bertz CT molecular complexity index is 789. The van der Waals surface area contributed by atoms with E-state index in [0.717, 1.165) is 53.7 Å². The predicted octanol–water partition coefficient (Wildman–Crippen LogP) is 6.97. The monoisotopic (exact) mass is 378 g/mol. The Labute approximate surface area is 170 Å². The van der Waals surface area contributed by atoms with E-state index in [2.05, 4.69) is 46.1 Å². The molecule has 1 N–H and O–H groups in total. The highest BCUT2D eigenvalue weighted by molar-refractivity contribution is 5.76. The highest BCUT2D eigenvalue weighted by Gasteiger charge is 2.15. The maximum atomic E-state index is 10.5. The molecule has 0 aromatic heterocycles. The minimum Gasteiger partial charge on any atom is -0.507 e. The molecule has 2 heteroatoms. The number of phenols is 1. The fourth-order valence-corrected chi connectivity index (χ4v) is 3.53. The van der Waals surface area contributed by atoms with Crippen molar-refractivity contribution in [2.75, 3.05) is 6.61 Å². The lowest BCUT2D eigenvalue weighted by atomic mass is 9.95. The molecule has 1 unspecified atom stereocenters. The summed E-state index contributed by atoms with van der Waals surface area (Å²) in [6.07, 6.45) is 7.57. The molecule has 1 atom stereocenters. The van der Waals surface area contributed by atoms with Crippen LogP contribution in [0.25, 0.3) is 11.1 Å². The van der Waals surface area contributed by atoms with E-state index in [1.165, 1.54) is 0 Å². The molecule has 0 saturated carbocycles. The van der Waals surface area contributed by atoms with E-state index in [0.29, 0.717) is 18.4 Å². The standard InChI is InChI=1S/C26H34O2/c1-6-9-21-11-13-25(27)23(16-21)24-17-22(10-7-2)12-14-26(24)28-18-20(8-3)15-19(4)5/h6-7,11-14,16-17,19-20,27H,1-2,8-10,15,18H2,3-5H3. The lowest BCUT2D eigenvalue weighted by Gasteiger charge is -2.20. The van der Waals surface area contributed by atoms with Crippen molar-refractivity contribution < 1.29 is 9.84 Å². The molecule has 2 rings (SSSR count). The fourth-order valence-electron chi connectivity index (χ4n) is 3.53.